The molecule has 1 N–H and O–H groups in total. The van der Waals surface area contributed by atoms with Crippen molar-refractivity contribution in [2.75, 3.05) is 19.6 Å². The van der Waals surface area contributed by atoms with Crippen LogP contribution in [0.4, 0.5) is 0 Å². The summed E-state index contributed by atoms with van der Waals surface area (Å²) in [7, 11) is 0. The van der Waals surface area contributed by atoms with E-state index in [0.29, 0.717) is 0 Å². The molecule has 11 heavy (non-hydrogen) atoms. The van der Waals surface area contributed by atoms with Crippen LogP contribution in [0.1, 0.15) is 19.3 Å². The number of rotatable bonds is 0. The molecule has 2 rings (SSSR count). The van der Waals surface area contributed by atoms with Crippen LogP contribution in [-0.2, 0) is 4.79 Å². The van der Waals surface area contributed by atoms with Gasteiger partial charge in [0.05, 0.1) is 5.41 Å². The Bertz CT molecular complexity index is 173. The van der Waals surface area contributed by atoms with Crippen LogP contribution >= 0.6 is 0 Å². The Kier molecular flexibility index (Phi) is 1.60. The number of hydrogen-bond acceptors (Lipinski definition) is 1. The Labute approximate surface area is 66.5 Å². The van der Waals surface area contributed by atoms with Crippen molar-refractivity contribution in [1.29, 1.82) is 0 Å². The molecule has 0 saturated carbocycles. The summed E-state index contributed by atoms with van der Waals surface area (Å²) < 4.78 is 0. The van der Waals surface area contributed by atoms with Crippen molar-refractivity contribution < 1.29 is 4.79 Å². The SMILES string of the molecule is O=C1NCCC12CCC[N]C2. The topological polar surface area (TPSA) is 43.2 Å². The highest BCUT2D eigenvalue weighted by molar-refractivity contribution is 5.85. The van der Waals surface area contributed by atoms with E-state index in [4.69, 9.17) is 0 Å². The van der Waals surface area contributed by atoms with Crippen LogP contribution in [0.3, 0.4) is 0 Å². The van der Waals surface area contributed by atoms with Crippen molar-refractivity contribution >= 4 is 5.91 Å². The van der Waals surface area contributed by atoms with Crippen LogP contribution in [0.5, 0.6) is 0 Å². The zero-order valence-electron chi connectivity index (χ0n) is 6.60. The summed E-state index contributed by atoms with van der Waals surface area (Å²) in [5.74, 6) is 0.237. The second-order valence-corrected chi connectivity index (χ2v) is 3.50. The Morgan fingerprint density at radius 1 is 1.45 bits per heavy atom. The maximum absolute atomic E-state index is 11.4. The summed E-state index contributed by atoms with van der Waals surface area (Å²) >= 11 is 0. The highest BCUT2D eigenvalue weighted by Gasteiger charge is 2.43. The van der Waals surface area contributed by atoms with Gasteiger partial charge in [-0.15, -0.1) is 0 Å². The molecule has 2 fully saturated rings. The third kappa shape index (κ3) is 1.03. The highest BCUT2D eigenvalue weighted by Crippen LogP contribution is 2.33. The van der Waals surface area contributed by atoms with Gasteiger partial charge in [-0.1, -0.05) is 0 Å². The molecule has 1 atom stereocenters. The lowest BCUT2D eigenvalue weighted by Crippen LogP contribution is -2.41. The van der Waals surface area contributed by atoms with Crippen LogP contribution in [-0.4, -0.2) is 25.5 Å². The molecule has 1 amide bonds. The summed E-state index contributed by atoms with van der Waals surface area (Å²) in [4.78, 5) is 11.4. The molecule has 3 nitrogen and oxygen atoms in total. The van der Waals surface area contributed by atoms with Gasteiger partial charge in [0.2, 0.25) is 5.91 Å². The third-order valence-electron chi connectivity index (χ3n) is 2.76. The lowest BCUT2D eigenvalue weighted by atomic mass is 9.79. The smallest absolute Gasteiger partial charge is 0.227 e. The summed E-state index contributed by atoms with van der Waals surface area (Å²) in [5.41, 5.74) is -0.0851. The van der Waals surface area contributed by atoms with E-state index in [1.54, 1.807) is 0 Å². The number of carbonyl (C=O) groups is 1. The molecule has 2 aliphatic heterocycles. The fraction of sp³-hybridized carbons (Fsp3) is 0.875. The van der Waals surface area contributed by atoms with Gasteiger partial charge in [0.15, 0.2) is 0 Å². The molecule has 61 valence electrons. The molecule has 0 aliphatic carbocycles. The van der Waals surface area contributed by atoms with Crippen molar-refractivity contribution in [3.63, 3.8) is 0 Å². The molecular weight excluding hydrogens is 140 g/mol. The first-order valence-corrected chi connectivity index (χ1v) is 4.25. The first-order valence-electron chi connectivity index (χ1n) is 4.25. The molecule has 3 heteroatoms. The fourth-order valence-electron chi connectivity index (χ4n) is 2.01. The highest BCUT2D eigenvalue weighted by atomic mass is 16.2. The number of nitrogens with one attached hydrogen (secondary N) is 1. The molecule has 0 aromatic rings. The van der Waals surface area contributed by atoms with E-state index < -0.39 is 0 Å². The van der Waals surface area contributed by atoms with Crippen molar-refractivity contribution in [3.8, 4) is 0 Å². The first-order chi connectivity index (χ1) is 5.33. The maximum Gasteiger partial charge on any atom is 0.227 e. The average molecular weight is 153 g/mol. The molecule has 0 aromatic carbocycles. The van der Waals surface area contributed by atoms with Crippen LogP contribution in [0, 0.1) is 5.41 Å². The molecule has 0 aromatic heterocycles. The van der Waals surface area contributed by atoms with Gasteiger partial charge in [-0.25, -0.2) is 5.32 Å². The van der Waals surface area contributed by atoms with Crippen molar-refractivity contribution in [2.45, 2.75) is 19.3 Å². The molecule has 2 heterocycles. The quantitative estimate of drug-likeness (QED) is 0.518. The molecule has 2 aliphatic rings. The van der Waals surface area contributed by atoms with E-state index >= 15 is 0 Å². The Hall–Kier alpha value is -0.570. The van der Waals surface area contributed by atoms with Crippen molar-refractivity contribution in [1.82, 2.24) is 10.6 Å². The monoisotopic (exact) mass is 153 g/mol. The normalized spacial score (nSPS) is 37.6. The second kappa shape index (κ2) is 2.48. The van der Waals surface area contributed by atoms with Crippen LogP contribution in [0.15, 0.2) is 0 Å². The van der Waals surface area contributed by atoms with E-state index in [1.807, 2.05) is 0 Å². The molecule has 1 spiro atoms. The lowest BCUT2D eigenvalue weighted by Gasteiger charge is -2.29. The van der Waals surface area contributed by atoms with Gasteiger partial charge in [0, 0.05) is 19.6 Å². The van der Waals surface area contributed by atoms with Crippen LogP contribution in [0.25, 0.3) is 0 Å². The third-order valence-corrected chi connectivity index (χ3v) is 2.76. The van der Waals surface area contributed by atoms with Gasteiger partial charge in [-0.3, -0.25) is 4.79 Å². The zero-order chi connectivity index (χ0) is 7.73. The Morgan fingerprint density at radius 2 is 2.36 bits per heavy atom. The summed E-state index contributed by atoms with van der Waals surface area (Å²) in [6.45, 7) is 2.57. The standard InChI is InChI=1S/C8H13N2O/c11-7-8(3-5-10-7)2-1-4-9-6-8/h1-6H2,(H,10,11). The summed E-state index contributed by atoms with van der Waals surface area (Å²) in [5, 5.41) is 7.18. The van der Waals surface area contributed by atoms with Crippen LogP contribution < -0.4 is 10.6 Å². The first kappa shape index (κ1) is 7.10. The second-order valence-electron chi connectivity index (χ2n) is 3.50. The van der Waals surface area contributed by atoms with E-state index in [0.717, 1.165) is 38.9 Å². The Morgan fingerprint density at radius 3 is 2.91 bits per heavy atom. The molecule has 0 bridgehead atoms. The number of amides is 1. The van der Waals surface area contributed by atoms with E-state index in [-0.39, 0.29) is 11.3 Å². The predicted molar refractivity (Wildman–Crippen MR) is 41.2 cm³/mol. The Balaban J connectivity index is 2.12. The molecular formula is C8H13N2O. The van der Waals surface area contributed by atoms with Gasteiger partial charge in [0.1, 0.15) is 0 Å². The maximum atomic E-state index is 11.4. The van der Waals surface area contributed by atoms with E-state index in [2.05, 4.69) is 10.6 Å². The molecule has 1 unspecified atom stereocenters. The minimum absolute atomic E-state index is 0.0851. The predicted octanol–water partition coefficient (Wildman–Crippen LogP) is -0.109. The van der Waals surface area contributed by atoms with Crippen LogP contribution in [0.2, 0.25) is 0 Å². The summed E-state index contributed by atoms with van der Waals surface area (Å²) in [6.07, 6.45) is 3.13. The van der Waals surface area contributed by atoms with Gasteiger partial charge in [0.25, 0.3) is 0 Å². The average Bonchev–Trinajstić information content (AvgIpc) is 2.36. The van der Waals surface area contributed by atoms with E-state index in [9.17, 15) is 4.79 Å². The van der Waals surface area contributed by atoms with E-state index in [1.165, 1.54) is 0 Å². The fourth-order valence-corrected chi connectivity index (χ4v) is 2.01. The number of piperidine rings is 1. The zero-order valence-corrected chi connectivity index (χ0v) is 6.60. The van der Waals surface area contributed by atoms with Gasteiger partial charge < -0.3 is 5.32 Å². The van der Waals surface area contributed by atoms with Gasteiger partial charge >= 0.3 is 0 Å². The number of hydrogen-bond donors (Lipinski definition) is 1. The van der Waals surface area contributed by atoms with Gasteiger partial charge in [-0.05, 0) is 19.3 Å². The minimum atomic E-state index is -0.0851. The van der Waals surface area contributed by atoms with Crippen molar-refractivity contribution in [2.24, 2.45) is 5.41 Å². The molecule has 1 radical (unpaired) electrons. The molecule has 2 saturated heterocycles. The number of nitrogens with zero attached hydrogens (tertiary/aromatic N) is 1. The minimum Gasteiger partial charge on any atom is -0.356 e. The largest absolute Gasteiger partial charge is 0.356 e. The van der Waals surface area contributed by atoms with Gasteiger partial charge in [-0.2, -0.15) is 0 Å². The summed E-state index contributed by atoms with van der Waals surface area (Å²) in [6, 6.07) is 0. The lowest BCUT2D eigenvalue weighted by molar-refractivity contribution is -0.128. The van der Waals surface area contributed by atoms with Crippen molar-refractivity contribution in [3.05, 3.63) is 0 Å². The number of carbonyl (C=O) groups excluding carboxylic acids is 1.